The van der Waals surface area contributed by atoms with E-state index < -0.39 is 30.1 Å². The Morgan fingerprint density at radius 2 is 1.38 bits per heavy atom. The smallest absolute Gasteiger partial charge is 0.326 e. The third-order valence-electron chi connectivity index (χ3n) is 3.57. The molecule has 5 N–H and O–H groups in total. The molecule has 9 nitrogen and oxygen atoms in total. The highest BCUT2D eigenvalue weighted by Gasteiger charge is 2.24. The summed E-state index contributed by atoms with van der Waals surface area (Å²) in [6.45, 7) is 8.15. The molecule has 0 bridgehead atoms. The number of nitrogens with one attached hydrogen (secondary N) is 3. The fourth-order valence-corrected chi connectivity index (χ4v) is 2.16. The molecule has 0 rings (SSSR count). The lowest BCUT2D eigenvalue weighted by Gasteiger charge is -2.21. The van der Waals surface area contributed by atoms with Crippen molar-refractivity contribution in [2.45, 2.75) is 77.4 Å². The van der Waals surface area contributed by atoms with Crippen molar-refractivity contribution in [3.63, 3.8) is 0 Å². The van der Waals surface area contributed by atoms with E-state index in [9.17, 15) is 24.3 Å². The minimum absolute atomic E-state index is 0.0143. The van der Waals surface area contributed by atoms with Crippen molar-refractivity contribution in [1.82, 2.24) is 16.0 Å². The van der Waals surface area contributed by atoms with Crippen LogP contribution in [-0.2, 0) is 14.4 Å². The first-order chi connectivity index (χ1) is 11.9. The Kier molecular flexibility index (Phi) is 10.5. The van der Waals surface area contributed by atoms with E-state index in [0.29, 0.717) is 6.42 Å². The van der Waals surface area contributed by atoms with E-state index in [-0.39, 0.29) is 30.6 Å². The highest BCUT2D eigenvalue weighted by molar-refractivity contribution is 5.86. The number of amides is 2. The molecule has 0 aromatic rings. The van der Waals surface area contributed by atoms with Crippen molar-refractivity contribution < 1.29 is 29.4 Å². The van der Waals surface area contributed by atoms with Gasteiger partial charge in [0, 0.05) is 12.0 Å². The Bertz CT molecular complexity index is 501. The normalized spacial score (nSPS) is 13.5. The van der Waals surface area contributed by atoms with Crippen molar-refractivity contribution in [1.29, 1.82) is 0 Å². The Morgan fingerprint density at radius 3 is 1.81 bits per heavy atom. The summed E-state index contributed by atoms with van der Waals surface area (Å²) in [5.74, 6) is -2.65. The molecule has 9 heteroatoms. The second kappa shape index (κ2) is 11.5. The number of Topliss-reactive ketones (excluding diaryl/α,β-unsaturated/α-hetero) is 1. The van der Waals surface area contributed by atoms with Crippen LogP contribution in [0.4, 0.5) is 4.79 Å². The second-order valence-corrected chi connectivity index (χ2v) is 7.31. The van der Waals surface area contributed by atoms with Crippen LogP contribution in [0.1, 0.15) is 59.8 Å². The molecule has 0 unspecified atom stereocenters. The monoisotopic (exact) mass is 373 g/mol. The average molecular weight is 373 g/mol. The van der Waals surface area contributed by atoms with E-state index in [1.54, 1.807) is 0 Å². The van der Waals surface area contributed by atoms with Crippen molar-refractivity contribution in [2.75, 3.05) is 6.54 Å². The zero-order chi connectivity index (χ0) is 20.3. The summed E-state index contributed by atoms with van der Waals surface area (Å²) in [6, 6.07) is -3.22. The van der Waals surface area contributed by atoms with E-state index in [1.807, 2.05) is 20.8 Å². The number of carboxylic acid groups (broad SMARTS) is 2. The summed E-state index contributed by atoms with van der Waals surface area (Å²) in [4.78, 5) is 45.2. The summed E-state index contributed by atoms with van der Waals surface area (Å²) in [6.07, 6.45) is 1.54. The fraction of sp³-hybridized carbons (Fsp3) is 0.765. The number of hydrogen-bond donors (Lipinski definition) is 5. The Labute approximate surface area is 153 Å². The molecule has 2 atom stereocenters. The van der Waals surface area contributed by atoms with Gasteiger partial charge in [-0.05, 0) is 59.9 Å². The molecule has 0 fully saturated rings. The number of hydrogen-bond acceptors (Lipinski definition) is 5. The molecule has 0 spiro atoms. The van der Waals surface area contributed by atoms with Gasteiger partial charge in [0.15, 0.2) is 0 Å². The minimum Gasteiger partial charge on any atom is -0.480 e. The lowest BCUT2D eigenvalue weighted by molar-refractivity contribution is -0.139. The SMILES string of the molecule is CC(=O)CC[C@H](NC(=O)N[C@@H](CCCCNC(C)(C)C)C(=O)O)C(=O)O. The van der Waals surface area contributed by atoms with Crippen LogP contribution in [0.15, 0.2) is 0 Å². The predicted molar refractivity (Wildman–Crippen MR) is 96.0 cm³/mol. The molecule has 0 aliphatic heterocycles. The molecule has 0 aliphatic rings. The molecule has 2 amide bonds. The van der Waals surface area contributed by atoms with Gasteiger partial charge in [-0.15, -0.1) is 0 Å². The second-order valence-electron chi connectivity index (χ2n) is 7.31. The van der Waals surface area contributed by atoms with Gasteiger partial charge in [0.1, 0.15) is 17.9 Å². The van der Waals surface area contributed by atoms with Crippen LogP contribution in [0.3, 0.4) is 0 Å². The molecule has 26 heavy (non-hydrogen) atoms. The summed E-state index contributed by atoms with van der Waals surface area (Å²) in [5.41, 5.74) is -0.0178. The van der Waals surface area contributed by atoms with E-state index in [1.165, 1.54) is 6.92 Å². The standard InChI is InChI=1S/C17H31N3O6/c1-11(21)8-9-13(15(24)25)20-16(26)19-12(14(22)23)7-5-6-10-18-17(2,3)4/h12-13,18H,5-10H2,1-4H3,(H,22,23)(H,24,25)(H2,19,20,26)/t12-,13-/m0/s1. The van der Waals surface area contributed by atoms with Gasteiger partial charge in [0.05, 0.1) is 0 Å². The number of ketones is 1. The van der Waals surface area contributed by atoms with Crippen LogP contribution < -0.4 is 16.0 Å². The lowest BCUT2D eigenvalue weighted by Crippen LogP contribution is -2.51. The lowest BCUT2D eigenvalue weighted by atomic mass is 10.1. The summed E-state index contributed by atoms with van der Waals surface area (Å²) in [7, 11) is 0. The third-order valence-corrected chi connectivity index (χ3v) is 3.57. The van der Waals surface area contributed by atoms with Gasteiger partial charge in [-0.3, -0.25) is 0 Å². The van der Waals surface area contributed by atoms with Gasteiger partial charge < -0.3 is 31.0 Å². The molecular formula is C17H31N3O6. The zero-order valence-electron chi connectivity index (χ0n) is 15.9. The van der Waals surface area contributed by atoms with E-state index in [0.717, 1.165) is 13.0 Å². The van der Waals surface area contributed by atoms with Gasteiger partial charge in [0.2, 0.25) is 0 Å². The van der Waals surface area contributed by atoms with Gasteiger partial charge in [-0.2, -0.15) is 0 Å². The van der Waals surface area contributed by atoms with Gasteiger partial charge in [-0.1, -0.05) is 0 Å². The molecule has 0 radical (unpaired) electrons. The number of unbranched alkanes of at least 4 members (excludes halogenated alkanes) is 1. The zero-order valence-corrected chi connectivity index (χ0v) is 15.9. The topological polar surface area (TPSA) is 145 Å². The minimum atomic E-state index is -1.28. The molecule has 0 saturated heterocycles. The molecule has 0 aromatic heterocycles. The van der Waals surface area contributed by atoms with E-state index in [4.69, 9.17) is 5.11 Å². The van der Waals surface area contributed by atoms with E-state index >= 15 is 0 Å². The Hall–Kier alpha value is -2.16. The van der Waals surface area contributed by atoms with E-state index in [2.05, 4.69) is 16.0 Å². The van der Waals surface area contributed by atoms with Crippen LogP contribution >= 0.6 is 0 Å². The maximum absolute atomic E-state index is 11.9. The van der Waals surface area contributed by atoms with Crippen LogP contribution in [0.25, 0.3) is 0 Å². The van der Waals surface area contributed by atoms with Crippen molar-refractivity contribution in [3.8, 4) is 0 Å². The molecule has 0 aromatic carbocycles. The van der Waals surface area contributed by atoms with Crippen LogP contribution in [0.5, 0.6) is 0 Å². The summed E-state index contributed by atoms with van der Waals surface area (Å²) >= 11 is 0. The number of urea groups is 1. The molecule has 0 heterocycles. The summed E-state index contributed by atoms with van der Waals surface area (Å²) < 4.78 is 0. The first kappa shape index (κ1) is 23.8. The first-order valence-electron chi connectivity index (χ1n) is 8.69. The molecular weight excluding hydrogens is 342 g/mol. The maximum atomic E-state index is 11.9. The van der Waals surface area contributed by atoms with Gasteiger partial charge >= 0.3 is 18.0 Å². The number of aliphatic carboxylic acids is 2. The van der Waals surface area contributed by atoms with Gasteiger partial charge in [0.25, 0.3) is 0 Å². The van der Waals surface area contributed by atoms with Crippen molar-refractivity contribution in [3.05, 3.63) is 0 Å². The highest BCUT2D eigenvalue weighted by atomic mass is 16.4. The van der Waals surface area contributed by atoms with Crippen LogP contribution in [0, 0.1) is 0 Å². The number of rotatable bonds is 12. The fourth-order valence-electron chi connectivity index (χ4n) is 2.16. The van der Waals surface area contributed by atoms with Crippen LogP contribution in [0.2, 0.25) is 0 Å². The summed E-state index contributed by atoms with van der Waals surface area (Å²) in [5, 5.41) is 26.0. The molecule has 0 saturated carbocycles. The predicted octanol–water partition coefficient (Wildman–Crippen LogP) is 1.12. The largest absolute Gasteiger partial charge is 0.480 e. The highest BCUT2D eigenvalue weighted by Crippen LogP contribution is 2.04. The number of carbonyl (C=O) groups is 4. The number of carboxylic acids is 2. The Balaban J connectivity index is 4.41. The molecule has 0 aliphatic carbocycles. The van der Waals surface area contributed by atoms with Crippen molar-refractivity contribution in [2.24, 2.45) is 0 Å². The first-order valence-corrected chi connectivity index (χ1v) is 8.69. The molecule has 150 valence electrons. The van der Waals surface area contributed by atoms with Gasteiger partial charge in [-0.25, -0.2) is 14.4 Å². The Morgan fingerprint density at radius 1 is 0.885 bits per heavy atom. The quantitative estimate of drug-likeness (QED) is 0.322. The number of carbonyl (C=O) groups excluding carboxylic acids is 2. The third kappa shape index (κ3) is 12.2. The average Bonchev–Trinajstić information content (AvgIpc) is 2.48. The van der Waals surface area contributed by atoms with Crippen LogP contribution in [-0.4, -0.2) is 58.1 Å². The van der Waals surface area contributed by atoms with Crippen molar-refractivity contribution >= 4 is 23.8 Å². The maximum Gasteiger partial charge on any atom is 0.326 e.